The highest BCUT2D eigenvalue weighted by atomic mass is 32.1. The van der Waals surface area contributed by atoms with Gasteiger partial charge in [-0.1, -0.05) is 12.1 Å². The second-order valence-corrected chi connectivity index (χ2v) is 5.66. The zero-order chi connectivity index (χ0) is 14.1. The summed E-state index contributed by atoms with van der Waals surface area (Å²) >= 11 is 1.67. The molecule has 1 atom stereocenters. The third-order valence-electron chi connectivity index (χ3n) is 3.52. The van der Waals surface area contributed by atoms with Crippen molar-refractivity contribution >= 4 is 22.9 Å². The predicted molar refractivity (Wildman–Crippen MR) is 80.5 cm³/mol. The molecule has 0 aliphatic carbocycles. The van der Waals surface area contributed by atoms with Gasteiger partial charge < -0.3 is 15.4 Å². The van der Waals surface area contributed by atoms with Gasteiger partial charge >= 0.3 is 0 Å². The Labute approximate surface area is 121 Å². The van der Waals surface area contributed by atoms with E-state index in [1.807, 2.05) is 30.6 Å². The molecule has 0 fully saturated rings. The Morgan fingerprint density at radius 3 is 3.00 bits per heavy atom. The van der Waals surface area contributed by atoms with E-state index < -0.39 is 0 Å². The molecule has 0 bridgehead atoms. The van der Waals surface area contributed by atoms with Crippen molar-refractivity contribution in [3.63, 3.8) is 0 Å². The molecular weight excluding hydrogens is 272 g/mol. The number of fused-ring (bicyclic) bond motifs is 1. The van der Waals surface area contributed by atoms with E-state index in [0.717, 1.165) is 27.4 Å². The lowest BCUT2D eigenvalue weighted by atomic mass is 10.0. The highest BCUT2D eigenvalue weighted by Crippen LogP contribution is 2.36. The summed E-state index contributed by atoms with van der Waals surface area (Å²) in [5.41, 5.74) is 3.12. The molecule has 2 aromatic rings. The Kier molecular flexibility index (Phi) is 3.46. The molecule has 2 N–H and O–H groups in total. The van der Waals surface area contributed by atoms with E-state index in [9.17, 15) is 4.79 Å². The van der Waals surface area contributed by atoms with Gasteiger partial charge in [-0.2, -0.15) is 0 Å². The minimum atomic E-state index is 0.0619. The standard InChI is InChI=1S/C15H16N2O2S/c1-16-14(15-12(19-2)5-6-20-15)9-3-4-11-10(7-9)8-13(18)17-11/h3-7,14,16H,8H2,1-2H3,(H,17,18). The molecule has 4 nitrogen and oxygen atoms in total. The first-order chi connectivity index (χ1) is 9.72. The van der Waals surface area contributed by atoms with Crippen molar-refractivity contribution < 1.29 is 9.53 Å². The third kappa shape index (κ3) is 2.19. The number of benzene rings is 1. The fraction of sp³-hybridized carbons (Fsp3) is 0.267. The normalized spacial score (nSPS) is 14.8. The lowest BCUT2D eigenvalue weighted by molar-refractivity contribution is -0.115. The average Bonchev–Trinajstić information content (AvgIpc) is 3.04. The lowest BCUT2D eigenvalue weighted by Gasteiger charge is -2.17. The lowest BCUT2D eigenvalue weighted by Crippen LogP contribution is -2.17. The van der Waals surface area contributed by atoms with Crippen LogP contribution in [0.15, 0.2) is 29.6 Å². The number of carbonyl (C=O) groups excluding carboxylic acids is 1. The largest absolute Gasteiger partial charge is 0.496 e. The molecule has 0 saturated carbocycles. The maximum atomic E-state index is 11.4. The highest BCUT2D eigenvalue weighted by molar-refractivity contribution is 7.10. The van der Waals surface area contributed by atoms with Crippen LogP contribution in [0, 0.1) is 0 Å². The van der Waals surface area contributed by atoms with E-state index in [1.165, 1.54) is 0 Å². The van der Waals surface area contributed by atoms with Crippen LogP contribution in [-0.2, 0) is 11.2 Å². The predicted octanol–water partition coefficient (Wildman–Crippen LogP) is 2.56. The minimum Gasteiger partial charge on any atom is -0.496 e. The van der Waals surface area contributed by atoms with Gasteiger partial charge in [-0.05, 0) is 35.7 Å². The first-order valence-corrected chi connectivity index (χ1v) is 7.32. The smallest absolute Gasteiger partial charge is 0.228 e. The number of ether oxygens (including phenoxy) is 1. The summed E-state index contributed by atoms with van der Waals surface area (Å²) in [7, 11) is 3.62. The van der Waals surface area contributed by atoms with E-state index in [4.69, 9.17) is 4.74 Å². The van der Waals surface area contributed by atoms with Crippen molar-refractivity contribution in [1.82, 2.24) is 5.32 Å². The molecule has 5 heteroatoms. The van der Waals surface area contributed by atoms with Crippen molar-refractivity contribution in [2.24, 2.45) is 0 Å². The fourth-order valence-corrected chi connectivity index (χ4v) is 3.56. The number of carbonyl (C=O) groups is 1. The zero-order valence-electron chi connectivity index (χ0n) is 11.4. The van der Waals surface area contributed by atoms with Gasteiger partial charge in [-0.15, -0.1) is 11.3 Å². The number of thiophene rings is 1. The van der Waals surface area contributed by atoms with Crippen molar-refractivity contribution in [3.05, 3.63) is 45.6 Å². The van der Waals surface area contributed by atoms with Gasteiger partial charge in [0, 0.05) is 5.69 Å². The molecule has 1 aromatic heterocycles. The Morgan fingerprint density at radius 2 is 2.25 bits per heavy atom. The monoisotopic (exact) mass is 288 g/mol. The van der Waals surface area contributed by atoms with Crippen LogP contribution in [0.25, 0.3) is 0 Å². The van der Waals surface area contributed by atoms with Crippen LogP contribution in [0.1, 0.15) is 22.0 Å². The van der Waals surface area contributed by atoms with Crippen LogP contribution < -0.4 is 15.4 Å². The second-order valence-electron chi connectivity index (χ2n) is 4.72. The maximum Gasteiger partial charge on any atom is 0.228 e. The van der Waals surface area contributed by atoms with E-state index >= 15 is 0 Å². The maximum absolute atomic E-state index is 11.4. The summed E-state index contributed by atoms with van der Waals surface area (Å²) < 4.78 is 5.40. The number of hydrogen-bond donors (Lipinski definition) is 2. The van der Waals surface area contributed by atoms with E-state index in [1.54, 1.807) is 18.4 Å². The van der Waals surface area contributed by atoms with Crippen molar-refractivity contribution in [3.8, 4) is 5.75 Å². The SMILES string of the molecule is CNC(c1ccc2c(c1)CC(=O)N2)c1sccc1OC. The van der Waals surface area contributed by atoms with Crippen LogP contribution in [0.3, 0.4) is 0 Å². The first-order valence-electron chi connectivity index (χ1n) is 6.44. The summed E-state index contributed by atoms with van der Waals surface area (Å²) in [5.74, 6) is 0.955. The fourth-order valence-electron chi connectivity index (χ4n) is 2.57. The molecule has 1 aliphatic rings. The summed E-state index contributed by atoms with van der Waals surface area (Å²) in [6, 6.07) is 8.16. The molecule has 2 heterocycles. The molecule has 104 valence electrons. The summed E-state index contributed by atoms with van der Waals surface area (Å²) in [5, 5.41) is 8.21. The first kappa shape index (κ1) is 13.1. The number of hydrogen-bond acceptors (Lipinski definition) is 4. The number of methoxy groups -OCH3 is 1. The summed E-state index contributed by atoms with van der Waals surface area (Å²) in [4.78, 5) is 12.6. The Morgan fingerprint density at radius 1 is 1.40 bits per heavy atom. The minimum absolute atomic E-state index is 0.0619. The molecule has 0 radical (unpaired) electrons. The Bertz CT molecular complexity index is 651. The van der Waals surface area contributed by atoms with Gasteiger partial charge in [-0.3, -0.25) is 4.79 Å². The zero-order valence-corrected chi connectivity index (χ0v) is 12.2. The number of nitrogens with one attached hydrogen (secondary N) is 2. The van der Waals surface area contributed by atoms with Crippen LogP contribution in [-0.4, -0.2) is 20.1 Å². The number of amides is 1. The molecule has 0 spiro atoms. The second kappa shape index (κ2) is 5.26. The van der Waals surface area contributed by atoms with E-state index in [2.05, 4.69) is 16.7 Å². The van der Waals surface area contributed by atoms with Gasteiger partial charge in [0.15, 0.2) is 0 Å². The molecule has 1 aliphatic heterocycles. The molecule has 1 unspecified atom stereocenters. The third-order valence-corrected chi connectivity index (χ3v) is 4.48. The summed E-state index contributed by atoms with van der Waals surface area (Å²) in [6.45, 7) is 0. The van der Waals surface area contributed by atoms with Gasteiger partial charge in [0.05, 0.1) is 24.4 Å². The van der Waals surface area contributed by atoms with Crippen molar-refractivity contribution in [1.29, 1.82) is 0 Å². The van der Waals surface area contributed by atoms with Crippen molar-refractivity contribution in [2.45, 2.75) is 12.5 Å². The molecule has 20 heavy (non-hydrogen) atoms. The van der Waals surface area contributed by atoms with Crippen LogP contribution in [0.5, 0.6) is 5.75 Å². The molecule has 0 saturated heterocycles. The number of anilines is 1. The molecule has 3 rings (SSSR count). The quantitative estimate of drug-likeness (QED) is 0.909. The average molecular weight is 288 g/mol. The van der Waals surface area contributed by atoms with Gasteiger partial charge in [0.2, 0.25) is 5.91 Å². The van der Waals surface area contributed by atoms with Gasteiger partial charge in [-0.25, -0.2) is 0 Å². The van der Waals surface area contributed by atoms with E-state index in [-0.39, 0.29) is 11.9 Å². The summed E-state index contributed by atoms with van der Waals surface area (Å²) in [6.07, 6.45) is 0.460. The van der Waals surface area contributed by atoms with Crippen LogP contribution >= 0.6 is 11.3 Å². The Balaban J connectivity index is 1.98. The van der Waals surface area contributed by atoms with Crippen LogP contribution in [0.2, 0.25) is 0 Å². The van der Waals surface area contributed by atoms with Gasteiger partial charge in [0.1, 0.15) is 5.75 Å². The topological polar surface area (TPSA) is 50.4 Å². The van der Waals surface area contributed by atoms with Gasteiger partial charge in [0.25, 0.3) is 0 Å². The highest BCUT2D eigenvalue weighted by Gasteiger charge is 2.22. The molecule has 1 aromatic carbocycles. The van der Waals surface area contributed by atoms with Crippen molar-refractivity contribution in [2.75, 3.05) is 19.5 Å². The van der Waals surface area contributed by atoms with Crippen LogP contribution in [0.4, 0.5) is 5.69 Å². The number of rotatable bonds is 4. The molecule has 1 amide bonds. The molecular formula is C15H16N2O2S. The van der Waals surface area contributed by atoms with E-state index in [0.29, 0.717) is 6.42 Å². The Hall–Kier alpha value is -1.85.